The van der Waals surface area contributed by atoms with Gasteiger partial charge in [-0.3, -0.25) is 19.2 Å². The predicted octanol–water partition coefficient (Wildman–Crippen LogP) is 4.42. The summed E-state index contributed by atoms with van der Waals surface area (Å²) in [5.74, 6) is -1.76. The molecule has 36 heavy (non-hydrogen) atoms. The van der Waals surface area contributed by atoms with Gasteiger partial charge in [0, 0.05) is 18.7 Å². The van der Waals surface area contributed by atoms with Gasteiger partial charge in [-0.15, -0.1) is 0 Å². The van der Waals surface area contributed by atoms with E-state index in [2.05, 4.69) is 0 Å². The van der Waals surface area contributed by atoms with Crippen molar-refractivity contribution in [3.05, 3.63) is 64.7 Å². The van der Waals surface area contributed by atoms with E-state index in [9.17, 15) is 19.2 Å². The summed E-state index contributed by atoms with van der Waals surface area (Å²) in [6.07, 6.45) is 3.34. The number of imide groups is 1. The van der Waals surface area contributed by atoms with Gasteiger partial charge in [0.2, 0.25) is 17.7 Å². The Bertz CT molecular complexity index is 1330. The number of nitrogens with zero attached hydrogens (tertiary/aromatic N) is 2. The lowest BCUT2D eigenvalue weighted by molar-refractivity contribution is -0.139. The summed E-state index contributed by atoms with van der Waals surface area (Å²) < 4.78 is 5.63. The van der Waals surface area contributed by atoms with E-state index in [0.717, 1.165) is 22.4 Å². The summed E-state index contributed by atoms with van der Waals surface area (Å²) in [5, 5.41) is 0. The number of fused-ring (bicyclic) bond motifs is 1. The topological polar surface area (TPSA) is 84.0 Å². The number of benzene rings is 2. The number of aryl methyl sites for hydroxylation is 3. The van der Waals surface area contributed by atoms with Gasteiger partial charge in [0.05, 0.1) is 23.4 Å². The average molecular weight is 487 g/mol. The Morgan fingerprint density at radius 1 is 0.861 bits per heavy atom. The number of esters is 1. The second kappa shape index (κ2) is 9.04. The van der Waals surface area contributed by atoms with E-state index in [1.807, 2.05) is 45.0 Å². The van der Waals surface area contributed by atoms with Crippen molar-refractivity contribution in [2.75, 3.05) is 16.3 Å². The van der Waals surface area contributed by atoms with Crippen molar-refractivity contribution in [3.63, 3.8) is 0 Å². The first kappa shape index (κ1) is 24.0. The molecule has 0 spiro atoms. The molecule has 0 aromatic heterocycles. The van der Waals surface area contributed by atoms with Crippen molar-refractivity contribution >= 4 is 35.1 Å². The molecule has 0 saturated carbocycles. The molecule has 186 valence electrons. The van der Waals surface area contributed by atoms with Gasteiger partial charge < -0.3 is 9.64 Å². The zero-order valence-electron chi connectivity index (χ0n) is 21.0. The Balaban J connectivity index is 1.28. The molecule has 0 unspecified atom stereocenters. The Morgan fingerprint density at radius 3 is 2.28 bits per heavy atom. The van der Waals surface area contributed by atoms with Crippen LogP contribution in [-0.2, 0) is 19.2 Å². The van der Waals surface area contributed by atoms with Gasteiger partial charge in [-0.2, -0.15) is 0 Å². The smallest absolute Gasteiger partial charge is 0.316 e. The third-order valence-corrected chi connectivity index (χ3v) is 7.55. The van der Waals surface area contributed by atoms with Crippen LogP contribution in [-0.4, -0.2) is 30.2 Å². The third-order valence-electron chi connectivity index (χ3n) is 7.55. The largest absolute Gasteiger partial charge is 0.426 e. The van der Waals surface area contributed by atoms with Crippen LogP contribution in [0.5, 0.6) is 5.75 Å². The molecular formula is C29H30N2O5. The van der Waals surface area contributed by atoms with Gasteiger partial charge in [0.1, 0.15) is 5.75 Å². The van der Waals surface area contributed by atoms with Crippen LogP contribution in [0.1, 0.15) is 42.9 Å². The molecule has 3 atom stereocenters. The van der Waals surface area contributed by atoms with E-state index in [4.69, 9.17) is 4.74 Å². The van der Waals surface area contributed by atoms with Gasteiger partial charge in [0.25, 0.3) is 0 Å². The van der Waals surface area contributed by atoms with Crippen molar-refractivity contribution in [2.24, 2.45) is 17.8 Å². The Hall–Kier alpha value is -3.74. The lowest BCUT2D eigenvalue weighted by Crippen LogP contribution is -2.31. The minimum atomic E-state index is -0.571. The summed E-state index contributed by atoms with van der Waals surface area (Å²) in [7, 11) is 0. The molecule has 3 aliphatic rings. The van der Waals surface area contributed by atoms with E-state index in [1.165, 1.54) is 4.90 Å². The molecule has 2 aromatic rings. The lowest BCUT2D eigenvalue weighted by atomic mass is 9.82. The van der Waals surface area contributed by atoms with Crippen molar-refractivity contribution in [1.82, 2.24) is 0 Å². The normalized spacial score (nSPS) is 23.7. The number of hydrogen-bond donors (Lipinski definition) is 0. The van der Waals surface area contributed by atoms with Crippen molar-refractivity contribution < 1.29 is 23.9 Å². The number of rotatable bonds is 4. The minimum absolute atomic E-state index is 0.0935. The lowest BCUT2D eigenvalue weighted by Gasteiger charge is -2.20. The van der Waals surface area contributed by atoms with Gasteiger partial charge in [-0.25, -0.2) is 4.90 Å². The van der Waals surface area contributed by atoms with Crippen molar-refractivity contribution in [1.29, 1.82) is 0 Å². The van der Waals surface area contributed by atoms with Crippen LogP contribution >= 0.6 is 0 Å². The summed E-state index contributed by atoms with van der Waals surface area (Å²) in [6.45, 7) is 8.00. The minimum Gasteiger partial charge on any atom is -0.426 e. The first-order valence-corrected chi connectivity index (χ1v) is 12.4. The molecule has 0 bridgehead atoms. The van der Waals surface area contributed by atoms with Crippen molar-refractivity contribution in [3.8, 4) is 5.75 Å². The molecule has 7 heteroatoms. The van der Waals surface area contributed by atoms with Crippen LogP contribution in [0.3, 0.4) is 0 Å². The van der Waals surface area contributed by atoms with Gasteiger partial charge in [0.15, 0.2) is 0 Å². The quantitative estimate of drug-likeness (QED) is 0.277. The van der Waals surface area contributed by atoms with Crippen LogP contribution in [0.4, 0.5) is 11.4 Å². The SMILES string of the molecule is CC1=CC[C@@H]2C(=O)N(c3ccc(OC(=O)[C@H]4CC(=O)N(c5ccc(C)cc5C)C4)cc3C)C(=O)[C@H]2C1. The highest BCUT2D eigenvalue weighted by Gasteiger charge is 2.49. The average Bonchev–Trinajstić information content (AvgIpc) is 3.32. The highest BCUT2D eigenvalue weighted by Crippen LogP contribution is 2.41. The van der Waals surface area contributed by atoms with E-state index in [1.54, 1.807) is 30.0 Å². The highest BCUT2D eigenvalue weighted by atomic mass is 16.5. The van der Waals surface area contributed by atoms with Crippen molar-refractivity contribution in [2.45, 2.75) is 47.0 Å². The number of ether oxygens (including phenoxy) is 1. The standard InChI is InChI=1S/C29H30N2O5/c1-16-6-9-24(18(3)11-16)30-15-20(14-26(30)32)29(35)36-21-7-10-25(19(4)13-21)31-27(33)22-8-5-17(2)12-23(22)28(31)34/h5-7,9-11,13,20,22-23H,8,12,14-15H2,1-4H3/t20-,22-,23-/m0/s1. The maximum atomic E-state index is 13.1. The molecule has 3 amide bonds. The number of carbonyl (C=O) groups is 4. The molecule has 2 heterocycles. The molecule has 1 aliphatic carbocycles. The predicted molar refractivity (Wildman–Crippen MR) is 136 cm³/mol. The fourth-order valence-corrected chi connectivity index (χ4v) is 5.62. The third kappa shape index (κ3) is 4.12. The number of anilines is 2. The molecule has 2 aromatic carbocycles. The monoisotopic (exact) mass is 486 g/mol. The number of amides is 3. The van der Waals surface area contributed by atoms with Gasteiger partial charge in [-0.1, -0.05) is 29.3 Å². The molecule has 2 saturated heterocycles. The summed E-state index contributed by atoms with van der Waals surface area (Å²) in [6, 6.07) is 10.8. The first-order chi connectivity index (χ1) is 17.1. The van der Waals surface area contributed by atoms with Crippen LogP contribution in [0, 0.1) is 38.5 Å². The number of hydrogen-bond acceptors (Lipinski definition) is 5. The summed E-state index contributed by atoms with van der Waals surface area (Å²) in [4.78, 5) is 54.6. The number of carbonyl (C=O) groups excluding carboxylic acids is 4. The maximum Gasteiger partial charge on any atom is 0.316 e. The maximum absolute atomic E-state index is 13.1. The molecule has 2 fully saturated rings. The van der Waals surface area contributed by atoms with E-state index in [-0.39, 0.29) is 42.5 Å². The second-order valence-corrected chi connectivity index (χ2v) is 10.3. The Morgan fingerprint density at radius 2 is 1.56 bits per heavy atom. The Kier molecular flexibility index (Phi) is 6.02. The van der Waals surface area contributed by atoms with Crippen LogP contribution in [0.25, 0.3) is 0 Å². The highest BCUT2D eigenvalue weighted by molar-refractivity contribution is 6.22. The Labute approximate surface area is 210 Å². The fourth-order valence-electron chi connectivity index (χ4n) is 5.62. The molecule has 7 nitrogen and oxygen atoms in total. The number of allylic oxidation sites excluding steroid dienone is 2. The van der Waals surface area contributed by atoms with Crippen LogP contribution < -0.4 is 14.5 Å². The summed E-state index contributed by atoms with van der Waals surface area (Å²) in [5.41, 5.74) is 5.24. The zero-order valence-corrected chi connectivity index (χ0v) is 21.0. The molecule has 5 rings (SSSR count). The van der Waals surface area contributed by atoms with Gasteiger partial charge in [-0.05, 0) is 75.9 Å². The molecule has 0 radical (unpaired) electrons. The second-order valence-electron chi connectivity index (χ2n) is 10.3. The molecule has 0 N–H and O–H groups in total. The first-order valence-electron chi connectivity index (χ1n) is 12.4. The fraction of sp³-hybridized carbons (Fsp3) is 0.379. The van der Waals surface area contributed by atoms with Crippen LogP contribution in [0.2, 0.25) is 0 Å². The molecule has 2 aliphatic heterocycles. The summed E-state index contributed by atoms with van der Waals surface area (Å²) >= 11 is 0. The molecular weight excluding hydrogens is 456 g/mol. The zero-order chi connectivity index (χ0) is 25.7. The van der Waals surface area contributed by atoms with E-state index in [0.29, 0.717) is 29.8 Å². The van der Waals surface area contributed by atoms with E-state index >= 15 is 0 Å². The van der Waals surface area contributed by atoms with Gasteiger partial charge >= 0.3 is 5.97 Å². The van der Waals surface area contributed by atoms with Crippen LogP contribution in [0.15, 0.2) is 48.0 Å². The van der Waals surface area contributed by atoms with E-state index < -0.39 is 11.9 Å².